The van der Waals surface area contributed by atoms with Gasteiger partial charge in [0, 0.05) is 23.1 Å². The van der Waals surface area contributed by atoms with E-state index >= 15 is 0 Å². The molecule has 1 aromatic heterocycles. The lowest BCUT2D eigenvalue weighted by Crippen LogP contribution is -2.00. The van der Waals surface area contributed by atoms with Crippen LogP contribution in [0.2, 0.25) is 0 Å². The van der Waals surface area contributed by atoms with Gasteiger partial charge in [0.2, 0.25) is 0 Å². The molecular weight excluding hydrogens is 347 g/mol. The van der Waals surface area contributed by atoms with Crippen LogP contribution in [0.15, 0.2) is 47.8 Å². The van der Waals surface area contributed by atoms with E-state index in [0.29, 0.717) is 5.69 Å². The maximum atomic E-state index is 13.3. The van der Waals surface area contributed by atoms with Crippen LogP contribution < -0.4 is 9.47 Å². The van der Waals surface area contributed by atoms with E-state index in [1.54, 1.807) is 12.5 Å². The second-order valence-corrected chi connectivity index (χ2v) is 5.89. The molecule has 0 aliphatic heterocycles. The van der Waals surface area contributed by atoms with Crippen molar-refractivity contribution in [3.63, 3.8) is 0 Å². The third-order valence-electron chi connectivity index (χ3n) is 3.36. The first kappa shape index (κ1) is 16.8. The Kier molecular flexibility index (Phi) is 4.90. The molecule has 0 aliphatic rings. The van der Waals surface area contributed by atoms with Crippen LogP contribution in [-0.2, 0) is 6.61 Å². The van der Waals surface area contributed by atoms with Gasteiger partial charge in [-0.05, 0) is 18.2 Å². The van der Waals surface area contributed by atoms with Crippen LogP contribution >= 0.6 is 11.3 Å². The number of nitrogens with zero attached hydrogens (tertiary/aromatic N) is 2. The van der Waals surface area contributed by atoms with Gasteiger partial charge >= 0.3 is 5.69 Å². The molecule has 0 saturated heterocycles. The first-order valence-corrected chi connectivity index (χ1v) is 8.10. The van der Waals surface area contributed by atoms with Gasteiger partial charge in [-0.3, -0.25) is 10.1 Å². The molecule has 0 atom stereocenters. The molecule has 0 unspecified atom stereocenters. The molecule has 128 valence electrons. The van der Waals surface area contributed by atoms with E-state index in [4.69, 9.17) is 9.47 Å². The number of aromatic nitrogens is 1. The highest BCUT2D eigenvalue weighted by molar-refractivity contribution is 7.13. The third kappa shape index (κ3) is 3.92. The van der Waals surface area contributed by atoms with Crippen LogP contribution in [-0.4, -0.2) is 17.0 Å². The number of halogens is 1. The van der Waals surface area contributed by atoms with Gasteiger partial charge < -0.3 is 9.47 Å². The van der Waals surface area contributed by atoms with Crippen molar-refractivity contribution >= 4 is 17.0 Å². The first-order chi connectivity index (χ1) is 12.1. The third-order valence-corrected chi connectivity index (χ3v) is 4.30. The molecule has 0 fully saturated rings. The molecule has 8 heteroatoms. The summed E-state index contributed by atoms with van der Waals surface area (Å²) >= 11 is 1.42. The summed E-state index contributed by atoms with van der Waals surface area (Å²) in [5.74, 6) is -0.00207. The molecule has 1 heterocycles. The molecule has 0 radical (unpaired) electrons. The van der Waals surface area contributed by atoms with Crippen molar-refractivity contribution in [3.05, 3.63) is 69.5 Å². The van der Waals surface area contributed by atoms with Crippen LogP contribution in [0.4, 0.5) is 10.1 Å². The summed E-state index contributed by atoms with van der Waals surface area (Å²) < 4.78 is 23.9. The van der Waals surface area contributed by atoms with E-state index in [0.717, 1.165) is 34.5 Å². The zero-order valence-corrected chi connectivity index (χ0v) is 14.0. The molecule has 0 amide bonds. The SMILES string of the molecule is COc1cccc(-c2nc(COc3cc(F)ccc3[N+](=O)[O-])cs2)c1. The Hall–Kier alpha value is -3.00. The molecule has 0 N–H and O–H groups in total. The summed E-state index contributed by atoms with van der Waals surface area (Å²) in [6, 6.07) is 10.6. The predicted octanol–water partition coefficient (Wildman–Crippen LogP) is 4.45. The normalized spacial score (nSPS) is 10.5. The highest BCUT2D eigenvalue weighted by Crippen LogP contribution is 2.30. The Morgan fingerprint density at radius 1 is 1.28 bits per heavy atom. The van der Waals surface area contributed by atoms with Crippen LogP contribution in [0, 0.1) is 15.9 Å². The van der Waals surface area contributed by atoms with Crippen LogP contribution in [0.3, 0.4) is 0 Å². The Morgan fingerprint density at radius 3 is 2.88 bits per heavy atom. The van der Waals surface area contributed by atoms with Crippen molar-refractivity contribution in [3.8, 4) is 22.1 Å². The van der Waals surface area contributed by atoms with E-state index in [9.17, 15) is 14.5 Å². The molecule has 0 spiro atoms. The largest absolute Gasteiger partial charge is 0.497 e. The maximum Gasteiger partial charge on any atom is 0.311 e. The fourth-order valence-electron chi connectivity index (χ4n) is 2.17. The second kappa shape index (κ2) is 7.27. The van der Waals surface area contributed by atoms with E-state index in [1.165, 1.54) is 11.3 Å². The summed E-state index contributed by atoms with van der Waals surface area (Å²) in [7, 11) is 1.59. The van der Waals surface area contributed by atoms with Gasteiger partial charge in [-0.15, -0.1) is 11.3 Å². The zero-order valence-electron chi connectivity index (χ0n) is 13.1. The summed E-state index contributed by atoms with van der Waals surface area (Å²) in [4.78, 5) is 14.8. The maximum absolute atomic E-state index is 13.3. The minimum absolute atomic E-state index is 0.00472. The molecule has 2 aromatic carbocycles. The molecular formula is C17H13FN2O4S. The number of hydrogen-bond acceptors (Lipinski definition) is 6. The standard InChI is InChI=1S/C17H13FN2O4S/c1-23-14-4-2-3-11(7-14)17-19-13(10-25-17)9-24-16-8-12(18)5-6-15(16)20(21)22/h2-8,10H,9H2,1H3. The zero-order chi connectivity index (χ0) is 17.8. The molecule has 0 aliphatic carbocycles. The first-order valence-electron chi connectivity index (χ1n) is 7.22. The predicted molar refractivity (Wildman–Crippen MR) is 91.5 cm³/mol. The van der Waals surface area contributed by atoms with Gasteiger partial charge in [0.05, 0.1) is 17.7 Å². The van der Waals surface area contributed by atoms with Gasteiger partial charge in [0.15, 0.2) is 5.75 Å². The molecule has 6 nitrogen and oxygen atoms in total. The van der Waals surface area contributed by atoms with Crippen molar-refractivity contribution < 1.29 is 18.8 Å². The van der Waals surface area contributed by atoms with Crippen LogP contribution in [0.25, 0.3) is 10.6 Å². The number of methoxy groups -OCH3 is 1. The number of rotatable bonds is 6. The molecule has 3 aromatic rings. The molecule has 25 heavy (non-hydrogen) atoms. The monoisotopic (exact) mass is 360 g/mol. The van der Waals surface area contributed by atoms with Gasteiger partial charge in [-0.1, -0.05) is 12.1 Å². The van der Waals surface area contributed by atoms with Gasteiger partial charge in [0.25, 0.3) is 0 Å². The number of ether oxygens (including phenoxy) is 2. The lowest BCUT2D eigenvalue weighted by Gasteiger charge is -2.05. The average molecular weight is 360 g/mol. The quantitative estimate of drug-likeness (QED) is 0.480. The number of benzene rings is 2. The van der Waals surface area contributed by atoms with E-state index in [1.807, 2.05) is 24.3 Å². The lowest BCUT2D eigenvalue weighted by molar-refractivity contribution is -0.386. The summed E-state index contributed by atoms with van der Waals surface area (Å²) in [6.45, 7) is 0.00472. The lowest BCUT2D eigenvalue weighted by atomic mass is 10.2. The Balaban J connectivity index is 1.76. The summed E-state index contributed by atoms with van der Waals surface area (Å²) in [5.41, 5.74) is 1.21. The van der Waals surface area contributed by atoms with Gasteiger partial charge in [-0.25, -0.2) is 9.37 Å². The van der Waals surface area contributed by atoms with Gasteiger partial charge in [0.1, 0.15) is 23.2 Å². The van der Waals surface area contributed by atoms with Crippen molar-refractivity contribution in [2.24, 2.45) is 0 Å². The average Bonchev–Trinajstić information content (AvgIpc) is 3.09. The highest BCUT2D eigenvalue weighted by atomic mass is 32.1. The van der Waals surface area contributed by atoms with Crippen LogP contribution in [0.1, 0.15) is 5.69 Å². The Bertz CT molecular complexity index is 913. The van der Waals surface area contributed by atoms with E-state index < -0.39 is 10.7 Å². The Morgan fingerprint density at radius 2 is 2.12 bits per heavy atom. The van der Waals surface area contributed by atoms with Crippen molar-refractivity contribution in [1.82, 2.24) is 4.98 Å². The number of hydrogen-bond donors (Lipinski definition) is 0. The highest BCUT2D eigenvalue weighted by Gasteiger charge is 2.16. The number of nitro benzene ring substituents is 1. The van der Waals surface area contributed by atoms with Crippen molar-refractivity contribution in [2.45, 2.75) is 6.61 Å². The molecule has 0 saturated carbocycles. The minimum Gasteiger partial charge on any atom is -0.497 e. The minimum atomic E-state index is -0.614. The number of thiazole rings is 1. The van der Waals surface area contributed by atoms with Crippen LogP contribution in [0.5, 0.6) is 11.5 Å². The van der Waals surface area contributed by atoms with Gasteiger partial charge in [-0.2, -0.15) is 0 Å². The number of nitro groups is 1. The second-order valence-electron chi connectivity index (χ2n) is 5.03. The van der Waals surface area contributed by atoms with E-state index in [2.05, 4.69) is 4.98 Å². The summed E-state index contributed by atoms with van der Waals surface area (Å²) in [6.07, 6.45) is 0. The fourth-order valence-corrected chi connectivity index (χ4v) is 2.97. The Labute approximate surface area is 146 Å². The molecule has 3 rings (SSSR count). The fraction of sp³-hybridized carbons (Fsp3) is 0.118. The smallest absolute Gasteiger partial charge is 0.311 e. The molecule has 0 bridgehead atoms. The van der Waals surface area contributed by atoms with E-state index in [-0.39, 0.29) is 18.0 Å². The topological polar surface area (TPSA) is 74.5 Å². The van der Waals surface area contributed by atoms with Crippen molar-refractivity contribution in [2.75, 3.05) is 7.11 Å². The van der Waals surface area contributed by atoms with Crippen molar-refractivity contribution in [1.29, 1.82) is 0 Å². The summed E-state index contributed by atoms with van der Waals surface area (Å²) in [5, 5.41) is 13.5.